The van der Waals surface area contributed by atoms with E-state index in [0.29, 0.717) is 16.2 Å². The Morgan fingerprint density at radius 3 is 1.57 bits per heavy atom. The predicted molar refractivity (Wildman–Crippen MR) is 120 cm³/mol. The summed E-state index contributed by atoms with van der Waals surface area (Å²) in [6, 6.07) is 24.4. The van der Waals surface area contributed by atoms with Gasteiger partial charge in [0.25, 0.3) is 0 Å². The molecule has 0 heterocycles. The summed E-state index contributed by atoms with van der Waals surface area (Å²) in [5, 5.41) is 10.6. The molecule has 0 aliphatic heterocycles. The smallest absolute Gasteiger partial charge is 0.157 e. The summed E-state index contributed by atoms with van der Waals surface area (Å²) in [4.78, 5) is 0. The highest BCUT2D eigenvalue weighted by atomic mass is 35.5. The van der Waals surface area contributed by atoms with Crippen LogP contribution in [-0.4, -0.2) is 16.3 Å². The summed E-state index contributed by atoms with van der Waals surface area (Å²) in [5.74, 6) is -0.0740. The Kier molecular flexibility index (Phi) is 6.73. The molecule has 0 bridgehead atoms. The number of hydrogen-bond acceptors (Lipinski definition) is 3. The van der Waals surface area contributed by atoms with Crippen molar-refractivity contribution in [2.45, 2.75) is 5.40 Å². The maximum atomic E-state index is 14.8. The Bertz CT molecular complexity index is 975. The van der Waals surface area contributed by atoms with Gasteiger partial charge in [0.15, 0.2) is 7.14 Å². The van der Waals surface area contributed by atoms with Crippen LogP contribution in [0.15, 0.2) is 84.9 Å². The van der Waals surface area contributed by atoms with Crippen molar-refractivity contribution in [3.05, 3.63) is 90.5 Å². The van der Waals surface area contributed by atoms with E-state index in [0.717, 1.165) is 0 Å². The van der Waals surface area contributed by atoms with Crippen LogP contribution in [0.5, 0.6) is 5.75 Å². The molecule has 3 aromatic carbocycles. The minimum absolute atomic E-state index is 0.0740. The van der Waals surface area contributed by atoms with Crippen molar-refractivity contribution in [3.8, 4) is 5.75 Å². The van der Waals surface area contributed by atoms with Crippen LogP contribution in [0.1, 0.15) is 11.0 Å². The molecule has 0 radical (unpaired) electrons. The first-order valence-electron chi connectivity index (χ1n) is 8.66. The van der Waals surface area contributed by atoms with Crippen LogP contribution >= 0.6 is 37.5 Å². The van der Waals surface area contributed by atoms with Crippen molar-refractivity contribution < 1.29 is 14.2 Å². The van der Waals surface area contributed by atoms with Gasteiger partial charge in [-0.1, -0.05) is 78.9 Å². The van der Waals surface area contributed by atoms with E-state index < -0.39 is 19.7 Å². The average Bonchev–Trinajstić information content (AvgIpc) is 2.76. The Labute approximate surface area is 175 Å². The molecule has 0 aliphatic rings. The zero-order valence-corrected chi connectivity index (χ0v) is 18.3. The fraction of sp³-hybridized carbons (Fsp3) is 0.143. The lowest BCUT2D eigenvalue weighted by molar-refractivity contribution is 0.468. The van der Waals surface area contributed by atoms with Crippen LogP contribution < -0.4 is 10.6 Å². The second-order valence-electron chi connectivity index (χ2n) is 6.45. The van der Waals surface area contributed by atoms with Crippen LogP contribution in [0.4, 0.5) is 0 Å². The van der Waals surface area contributed by atoms with E-state index in [4.69, 9.17) is 23.2 Å². The zero-order chi connectivity index (χ0) is 20.2. The van der Waals surface area contributed by atoms with Crippen molar-refractivity contribution >= 4 is 48.1 Å². The van der Waals surface area contributed by atoms with E-state index in [1.54, 1.807) is 66.7 Å². The molecular weight excluding hydrogens is 433 g/mol. The van der Waals surface area contributed by atoms with Gasteiger partial charge in [-0.15, -0.1) is 23.2 Å². The molecule has 0 fully saturated rings. The highest BCUT2D eigenvalue weighted by molar-refractivity contribution is 7.90. The van der Waals surface area contributed by atoms with Crippen LogP contribution in [-0.2, 0) is 9.13 Å². The van der Waals surface area contributed by atoms with Crippen molar-refractivity contribution in [1.29, 1.82) is 0 Å². The minimum atomic E-state index is -3.53. The zero-order valence-electron chi connectivity index (χ0n) is 15.0. The lowest BCUT2D eigenvalue weighted by atomic mass is 10.2. The van der Waals surface area contributed by atoms with Gasteiger partial charge in [-0.3, -0.25) is 0 Å². The lowest BCUT2D eigenvalue weighted by Crippen LogP contribution is -2.22. The van der Waals surface area contributed by atoms with Gasteiger partial charge in [0, 0.05) is 16.2 Å². The molecule has 7 heteroatoms. The Morgan fingerprint density at radius 1 is 0.714 bits per heavy atom. The number of aromatic hydroxyl groups is 1. The van der Waals surface area contributed by atoms with Gasteiger partial charge in [0.1, 0.15) is 18.3 Å². The Hall–Kier alpha value is -1.50. The summed E-state index contributed by atoms with van der Waals surface area (Å²) in [5.41, 5.74) is -0.138. The van der Waals surface area contributed by atoms with Gasteiger partial charge in [-0.2, -0.15) is 0 Å². The van der Waals surface area contributed by atoms with Gasteiger partial charge in [0.2, 0.25) is 0 Å². The summed E-state index contributed by atoms with van der Waals surface area (Å²) in [6.07, 6.45) is 0. The van der Waals surface area contributed by atoms with E-state index in [1.165, 1.54) is 6.07 Å². The summed E-state index contributed by atoms with van der Waals surface area (Å²) in [6.45, 7) is 0. The van der Waals surface area contributed by atoms with E-state index in [2.05, 4.69) is 0 Å². The number of hydrogen-bond donors (Lipinski definition) is 1. The molecule has 3 aromatic rings. The molecule has 0 aliphatic carbocycles. The standard InChI is InChI=1S/C21H20Cl2O3P2/c22-15-27(25,16-23)21(19-13-7-8-14-20(19)24)28(26,17-9-3-1-4-10-17)18-11-5-2-6-12-18/h1-14,21,24H,15-16H2. The summed E-state index contributed by atoms with van der Waals surface area (Å²) >= 11 is 12.3. The molecule has 1 N–H and O–H groups in total. The number of phenols is 1. The van der Waals surface area contributed by atoms with Gasteiger partial charge in [-0.05, 0) is 6.07 Å². The first-order chi connectivity index (χ1) is 13.5. The van der Waals surface area contributed by atoms with E-state index in [-0.39, 0.29) is 17.0 Å². The van der Waals surface area contributed by atoms with Crippen molar-refractivity contribution in [3.63, 3.8) is 0 Å². The maximum absolute atomic E-state index is 14.8. The molecular formula is C21H20Cl2O3P2. The van der Waals surface area contributed by atoms with Crippen LogP contribution in [0, 0.1) is 0 Å². The number of rotatable bonds is 7. The second-order valence-corrected chi connectivity index (χ2v) is 14.1. The number of halogens is 2. The SMILES string of the molecule is O=P(CCl)(CCl)C(c1ccccc1O)P(=O)(c1ccccc1)c1ccccc1. The second kappa shape index (κ2) is 8.89. The molecule has 0 spiro atoms. The van der Waals surface area contributed by atoms with E-state index in [1.807, 2.05) is 12.1 Å². The molecule has 0 aromatic heterocycles. The highest BCUT2D eigenvalue weighted by Gasteiger charge is 2.49. The fourth-order valence-electron chi connectivity index (χ4n) is 3.34. The topological polar surface area (TPSA) is 54.4 Å². The van der Waals surface area contributed by atoms with Crippen molar-refractivity contribution in [2.24, 2.45) is 0 Å². The minimum Gasteiger partial charge on any atom is -0.508 e. The average molecular weight is 453 g/mol. The van der Waals surface area contributed by atoms with E-state index in [9.17, 15) is 14.2 Å². The molecule has 1 atom stereocenters. The van der Waals surface area contributed by atoms with Crippen molar-refractivity contribution in [1.82, 2.24) is 0 Å². The molecule has 0 saturated carbocycles. The third kappa shape index (κ3) is 3.82. The van der Waals surface area contributed by atoms with Gasteiger partial charge in [-0.25, -0.2) is 0 Å². The number of phenolic OH excluding ortho intramolecular Hbond substituents is 1. The number of para-hydroxylation sites is 1. The van der Waals surface area contributed by atoms with Crippen LogP contribution in [0.2, 0.25) is 0 Å². The van der Waals surface area contributed by atoms with Gasteiger partial charge in [0.05, 0.1) is 11.2 Å². The quantitative estimate of drug-likeness (QED) is 0.344. The third-order valence-corrected chi connectivity index (χ3v) is 14.4. The third-order valence-electron chi connectivity index (χ3n) is 4.69. The summed E-state index contributed by atoms with van der Waals surface area (Å²) < 4.78 is 28.7. The number of alkyl halides is 2. The Balaban J connectivity index is 2.41. The molecule has 3 nitrogen and oxygen atoms in total. The van der Waals surface area contributed by atoms with Crippen LogP contribution in [0.25, 0.3) is 0 Å². The van der Waals surface area contributed by atoms with Crippen molar-refractivity contribution in [2.75, 3.05) is 11.2 Å². The summed E-state index contributed by atoms with van der Waals surface area (Å²) in [7, 11) is -6.91. The number of benzene rings is 3. The van der Waals surface area contributed by atoms with Gasteiger partial charge >= 0.3 is 0 Å². The molecule has 1 unspecified atom stereocenters. The highest BCUT2D eigenvalue weighted by Crippen LogP contribution is 2.77. The molecule has 146 valence electrons. The molecule has 3 rings (SSSR count). The molecule has 0 saturated heterocycles. The maximum Gasteiger partial charge on any atom is 0.157 e. The molecule has 0 amide bonds. The predicted octanol–water partition coefficient (Wildman–Crippen LogP) is 6.16. The molecule has 28 heavy (non-hydrogen) atoms. The monoisotopic (exact) mass is 452 g/mol. The first-order valence-corrected chi connectivity index (χ1v) is 13.6. The van der Waals surface area contributed by atoms with E-state index >= 15 is 0 Å². The normalized spacial score (nSPS) is 13.2. The largest absolute Gasteiger partial charge is 0.508 e. The van der Waals surface area contributed by atoms with Crippen LogP contribution in [0.3, 0.4) is 0 Å². The first kappa shape index (κ1) is 21.2. The lowest BCUT2D eigenvalue weighted by Gasteiger charge is -2.34. The Morgan fingerprint density at radius 2 is 1.14 bits per heavy atom. The van der Waals surface area contributed by atoms with Gasteiger partial charge < -0.3 is 14.2 Å². The fourth-order valence-corrected chi connectivity index (χ4v) is 12.9.